The third-order valence-electron chi connectivity index (χ3n) is 3.68. The molecular weight excluding hydrogens is 349 g/mol. The van der Waals surface area contributed by atoms with Crippen molar-refractivity contribution in [1.29, 1.82) is 0 Å². The number of carbonyl (C=O) groups excluding carboxylic acids is 2. The quantitative estimate of drug-likeness (QED) is 0.698. The number of hydrogen-bond acceptors (Lipinski definition) is 3. The van der Waals surface area contributed by atoms with E-state index in [0.717, 1.165) is 22.2 Å². The van der Waals surface area contributed by atoms with Crippen LogP contribution < -0.4 is 4.90 Å². The van der Waals surface area contributed by atoms with Crippen LogP contribution >= 0.6 is 23.4 Å². The van der Waals surface area contributed by atoms with Gasteiger partial charge in [-0.2, -0.15) is 0 Å². The van der Waals surface area contributed by atoms with Crippen LogP contribution in [0.2, 0.25) is 5.02 Å². The molecule has 0 atom stereocenters. The van der Waals surface area contributed by atoms with E-state index < -0.39 is 17.0 Å². The standard InChI is InChI=1S/C18H13ClFNO2S/c1-2-11-6-3-4-9-15(11)21-17(22)16(24-18(21)23)10-12-13(19)7-5-8-14(12)20/h3-10H,2H2,1H3/b16-10-. The second-order valence-electron chi connectivity index (χ2n) is 5.13. The number of amides is 2. The lowest BCUT2D eigenvalue weighted by Crippen LogP contribution is -2.28. The molecule has 3 rings (SSSR count). The van der Waals surface area contributed by atoms with Crippen LogP contribution in [0, 0.1) is 5.82 Å². The van der Waals surface area contributed by atoms with E-state index in [2.05, 4.69) is 0 Å². The number of aryl methyl sites for hydroxylation is 1. The summed E-state index contributed by atoms with van der Waals surface area (Å²) in [6, 6.07) is 11.5. The molecule has 1 saturated heterocycles. The van der Waals surface area contributed by atoms with Crippen LogP contribution in [-0.2, 0) is 11.2 Å². The van der Waals surface area contributed by atoms with Gasteiger partial charge in [0, 0.05) is 5.56 Å². The Hall–Kier alpha value is -2.11. The van der Waals surface area contributed by atoms with Crippen LogP contribution in [0.15, 0.2) is 47.4 Å². The molecule has 3 nitrogen and oxygen atoms in total. The van der Waals surface area contributed by atoms with Crippen molar-refractivity contribution in [2.45, 2.75) is 13.3 Å². The van der Waals surface area contributed by atoms with Crippen molar-refractivity contribution >= 4 is 46.3 Å². The molecule has 0 aliphatic carbocycles. The molecule has 0 radical (unpaired) electrons. The van der Waals surface area contributed by atoms with E-state index in [0.29, 0.717) is 12.1 Å². The summed E-state index contributed by atoms with van der Waals surface area (Å²) in [7, 11) is 0. The Balaban J connectivity index is 2.02. The number of nitrogens with zero attached hydrogens (tertiary/aromatic N) is 1. The van der Waals surface area contributed by atoms with Gasteiger partial charge in [0.25, 0.3) is 11.1 Å². The molecule has 24 heavy (non-hydrogen) atoms. The first-order valence-electron chi connectivity index (χ1n) is 7.32. The summed E-state index contributed by atoms with van der Waals surface area (Å²) in [4.78, 5) is 26.3. The Morgan fingerprint density at radius 2 is 1.92 bits per heavy atom. The molecule has 2 aromatic rings. The third-order valence-corrected chi connectivity index (χ3v) is 4.88. The fourth-order valence-corrected chi connectivity index (χ4v) is 3.52. The molecule has 0 saturated carbocycles. The predicted octanol–water partition coefficient (Wildman–Crippen LogP) is 5.28. The number of carbonyl (C=O) groups is 2. The van der Waals surface area contributed by atoms with Gasteiger partial charge in [-0.25, -0.2) is 9.29 Å². The van der Waals surface area contributed by atoms with E-state index >= 15 is 0 Å². The molecule has 0 N–H and O–H groups in total. The monoisotopic (exact) mass is 361 g/mol. The fraction of sp³-hybridized carbons (Fsp3) is 0.111. The highest BCUT2D eigenvalue weighted by atomic mass is 35.5. The highest BCUT2D eigenvalue weighted by Crippen LogP contribution is 2.38. The Kier molecular flexibility index (Phi) is 4.73. The zero-order valence-corrected chi connectivity index (χ0v) is 14.3. The molecule has 1 aliphatic heterocycles. The van der Waals surface area contributed by atoms with Gasteiger partial charge < -0.3 is 0 Å². The number of halogens is 2. The zero-order valence-electron chi connectivity index (χ0n) is 12.8. The summed E-state index contributed by atoms with van der Waals surface area (Å²) in [6.45, 7) is 1.95. The second-order valence-corrected chi connectivity index (χ2v) is 6.54. The molecule has 0 bridgehead atoms. The topological polar surface area (TPSA) is 37.4 Å². The number of benzene rings is 2. The van der Waals surface area contributed by atoms with Gasteiger partial charge in [-0.3, -0.25) is 9.59 Å². The first-order chi connectivity index (χ1) is 11.5. The second kappa shape index (κ2) is 6.79. The maximum absolute atomic E-state index is 13.9. The van der Waals surface area contributed by atoms with Gasteiger partial charge in [0.1, 0.15) is 5.82 Å². The van der Waals surface area contributed by atoms with E-state index in [9.17, 15) is 14.0 Å². The predicted molar refractivity (Wildman–Crippen MR) is 95.7 cm³/mol. The van der Waals surface area contributed by atoms with Crippen molar-refractivity contribution in [3.8, 4) is 0 Å². The maximum atomic E-state index is 13.9. The van der Waals surface area contributed by atoms with Crippen molar-refractivity contribution in [3.63, 3.8) is 0 Å². The average Bonchev–Trinajstić information content (AvgIpc) is 2.85. The Labute approximate surface area is 148 Å². The highest BCUT2D eigenvalue weighted by molar-refractivity contribution is 8.19. The number of anilines is 1. The summed E-state index contributed by atoms with van der Waals surface area (Å²) in [6.07, 6.45) is 2.02. The molecule has 0 spiro atoms. The molecule has 0 unspecified atom stereocenters. The molecule has 2 aromatic carbocycles. The summed E-state index contributed by atoms with van der Waals surface area (Å²) in [5.41, 5.74) is 1.56. The Morgan fingerprint density at radius 1 is 1.17 bits per heavy atom. The van der Waals surface area contributed by atoms with Gasteiger partial charge in [-0.15, -0.1) is 0 Å². The number of rotatable bonds is 3. The Morgan fingerprint density at radius 3 is 2.62 bits per heavy atom. The van der Waals surface area contributed by atoms with E-state index in [1.807, 2.05) is 19.1 Å². The van der Waals surface area contributed by atoms with Crippen molar-refractivity contribution in [1.82, 2.24) is 0 Å². The van der Waals surface area contributed by atoms with Crippen LogP contribution in [0.3, 0.4) is 0 Å². The van der Waals surface area contributed by atoms with Gasteiger partial charge in [0.05, 0.1) is 15.6 Å². The largest absolute Gasteiger partial charge is 0.298 e. The average molecular weight is 362 g/mol. The van der Waals surface area contributed by atoms with Crippen molar-refractivity contribution < 1.29 is 14.0 Å². The molecule has 1 heterocycles. The third kappa shape index (κ3) is 2.97. The minimum atomic E-state index is -0.539. The van der Waals surface area contributed by atoms with Crippen LogP contribution in [0.1, 0.15) is 18.1 Å². The lowest BCUT2D eigenvalue weighted by molar-refractivity contribution is -0.113. The lowest BCUT2D eigenvalue weighted by Gasteiger charge is -2.16. The van der Waals surface area contributed by atoms with Crippen molar-refractivity contribution in [2.75, 3.05) is 4.90 Å². The molecule has 122 valence electrons. The number of thioether (sulfide) groups is 1. The maximum Gasteiger partial charge on any atom is 0.298 e. The molecule has 6 heteroatoms. The lowest BCUT2D eigenvalue weighted by atomic mass is 10.1. The van der Waals surface area contributed by atoms with Crippen LogP contribution in [-0.4, -0.2) is 11.1 Å². The van der Waals surface area contributed by atoms with Crippen molar-refractivity contribution in [2.24, 2.45) is 0 Å². The van der Waals surface area contributed by atoms with Crippen LogP contribution in [0.25, 0.3) is 6.08 Å². The first kappa shape index (κ1) is 16.7. The van der Waals surface area contributed by atoms with E-state index in [1.54, 1.807) is 12.1 Å². The molecule has 0 aromatic heterocycles. The van der Waals surface area contributed by atoms with Gasteiger partial charge >= 0.3 is 0 Å². The number of hydrogen-bond donors (Lipinski definition) is 0. The van der Waals surface area contributed by atoms with E-state index in [1.165, 1.54) is 24.3 Å². The van der Waals surface area contributed by atoms with E-state index in [-0.39, 0.29) is 15.5 Å². The van der Waals surface area contributed by atoms with Crippen molar-refractivity contribution in [3.05, 3.63) is 69.3 Å². The Bertz CT molecular complexity index is 846. The molecule has 1 fully saturated rings. The molecule has 1 aliphatic rings. The number of imide groups is 1. The fourth-order valence-electron chi connectivity index (χ4n) is 2.48. The molecule has 2 amide bonds. The van der Waals surface area contributed by atoms with Gasteiger partial charge in [0.2, 0.25) is 0 Å². The normalized spacial score (nSPS) is 16.3. The molecular formula is C18H13ClFNO2S. The first-order valence-corrected chi connectivity index (χ1v) is 8.52. The smallest absolute Gasteiger partial charge is 0.268 e. The highest BCUT2D eigenvalue weighted by Gasteiger charge is 2.37. The summed E-state index contributed by atoms with van der Waals surface area (Å²) < 4.78 is 13.9. The minimum Gasteiger partial charge on any atom is -0.268 e. The van der Waals surface area contributed by atoms with Crippen LogP contribution in [0.5, 0.6) is 0 Å². The summed E-state index contributed by atoms with van der Waals surface area (Å²) >= 11 is 6.77. The van der Waals surface area contributed by atoms with Gasteiger partial charge in [-0.1, -0.05) is 42.8 Å². The van der Waals surface area contributed by atoms with E-state index in [4.69, 9.17) is 11.6 Å². The van der Waals surface area contributed by atoms with Gasteiger partial charge in [-0.05, 0) is 48.0 Å². The SMILES string of the molecule is CCc1ccccc1N1C(=O)S/C(=C\c2c(F)cccc2Cl)C1=O. The zero-order chi connectivity index (χ0) is 17.3. The number of para-hydroxylation sites is 1. The van der Waals surface area contributed by atoms with Gasteiger partial charge in [0.15, 0.2) is 0 Å². The summed E-state index contributed by atoms with van der Waals surface area (Å²) in [5, 5.41) is -0.213. The van der Waals surface area contributed by atoms with Crippen LogP contribution in [0.4, 0.5) is 14.9 Å². The minimum absolute atomic E-state index is 0.105. The summed E-state index contributed by atoms with van der Waals surface area (Å²) in [5.74, 6) is -1.01.